The number of nitrogens with zero attached hydrogens (tertiary/aromatic N) is 3. The Balaban J connectivity index is 1.59. The molecule has 2 aromatic carbocycles. The predicted molar refractivity (Wildman–Crippen MR) is 120 cm³/mol. The number of aromatic nitrogens is 1. The Kier molecular flexibility index (Phi) is 6.15. The molecule has 0 spiro atoms. The summed E-state index contributed by atoms with van der Waals surface area (Å²) in [7, 11) is 0. The first-order valence-corrected chi connectivity index (χ1v) is 10.6. The van der Waals surface area contributed by atoms with Crippen LogP contribution in [0.4, 0.5) is 10.1 Å². The minimum Gasteiger partial charge on any atom is -0.480 e. The normalized spacial score (nSPS) is 15.5. The SMILES string of the molecule is CC(=O)c1ccc(N2CCN(C(C(=O)O)c3cn(CC(=O)O)c4cc(F)ccc34)CC2)cc1. The Labute approximate surface area is 189 Å². The summed E-state index contributed by atoms with van der Waals surface area (Å²) in [6, 6.07) is 10.3. The molecule has 4 rings (SSSR count). The number of carboxylic acids is 2. The second-order valence-corrected chi connectivity index (χ2v) is 8.13. The van der Waals surface area contributed by atoms with Crippen molar-refractivity contribution in [1.29, 1.82) is 0 Å². The fraction of sp³-hybridized carbons (Fsp3) is 0.292. The number of piperazine rings is 1. The van der Waals surface area contributed by atoms with Crippen LogP contribution in [0.3, 0.4) is 0 Å². The lowest BCUT2D eigenvalue weighted by Crippen LogP contribution is -2.49. The molecule has 1 saturated heterocycles. The molecule has 0 radical (unpaired) electrons. The average Bonchev–Trinajstić information content (AvgIpc) is 3.10. The largest absolute Gasteiger partial charge is 0.480 e. The second-order valence-electron chi connectivity index (χ2n) is 8.13. The lowest BCUT2D eigenvalue weighted by Gasteiger charge is -2.38. The van der Waals surface area contributed by atoms with E-state index in [4.69, 9.17) is 0 Å². The molecule has 1 aliphatic heterocycles. The lowest BCUT2D eigenvalue weighted by molar-refractivity contribution is -0.143. The number of carboxylic acid groups (broad SMARTS) is 2. The zero-order chi connectivity index (χ0) is 23.7. The molecule has 0 saturated carbocycles. The van der Waals surface area contributed by atoms with Crippen molar-refractivity contribution < 1.29 is 29.0 Å². The van der Waals surface area contributed by atoms with Gasteiger partial charge in [-0.1, -0.05) is 0 Å². The van der Waals surface area contributed by atoms with Crippen molar-refractivity contribution in [3.8, 4) is 0 Å². The first-order valence-electron chi connectivity index (χ1n) is 10.6. The molecule has 172 valence electrons. The van der Waals surface area contributed by atoms with Crippen molar-refractivity contribution in [1.82, 2.24) is 9.47 Å². The monoisotopic (exact) mass is 453 g/mol. The molecular weight excluding hydrogens is 429 g/mol. The van der Waals surface area contributed by atoms with E-state index >= 15 is 0 Å². The van der Waals surface area contributed by atoms with Gasteiger partial charge in [-0.05, 0) is 49.4 Å². The maximum atomic E-state index is 13.8. The smallest absolute Gasteiger partial charge is 0.325 e. The fourth-order valence-corrected chi connectivity index (χ4v) is 4.42. The summed E-state index contributed by atoms with van der Waals surface area (Å²) in [6.07, 6.45) is 1.50. The maximum absolute atomic E-state index is 13.8. The first-order chi connectivity index (χ1) is 15.7. The van der Waals surface area contributed by atoms with Gasteiger partial charge in [-0.3, -0.25) is 19.3 Å². The van der Waals surface area contributed by atoms with Gasteiger partial charge in [0.05, 0.1) is 5.52 Å². The second kappa shape index (κ2) is 9.03. The predicted octanol–water partition coefficient (Wildman–Crippen LogP) is 3.02. The van der Waals surface area contributed by atoms with Crippen LogP contribution < -0.4 is 4.90 Å². The molecule has 8 nitrogen and oxygen atoms in total. The van der Waals surface area contributed by atoms with Gasteiger partial charge < -0.3 is 19.7 Å². The topological polar surface area (TPSA) is 103 Å². The summed E-state index contributed by atoms with van der Waals surface area (Å²) in [6.45, 7) is 3.24. The highest BCUT2D eigenvalue weighted by Crippen LogP contribution is 2.32. The van der Waals surface area contributed by atoms with Gasteiger partial charge in [0.25, 0.3) is 0 Å². The molecule has 0 amide bonds. The molecule has 2 heterocycles. The Morgan fingerprint density at radius 1 is 1.00 bits per heavy atom. The molecule has 9 heteroatoms. The van der Waals surface area contributed by atoms with Gasteiger partial charge in [0, 0.05) is 54.6 Å². The molecule has 1 unspecified atom stereocenters. The number of aliphatic carboxylic acids is 2. The van der Waals surface area contributed by atoms with Crippen LogP contribution in [0.1, 0.15) is 28.9 Å². The van der Waals surface area contributed by atoms with Gasteiger partial charge in [0.2, 0.25) is 0 Å². The maximum Gasteiger partial charge on any atom is 0.325 e. The number of hydrogen-bond donors (Lipinski definition) is 2. The minimum absolute atomic E-state index is 0.00221. The zero-order valence-corrected chi connectivity index (χ0v) is 18.1. The van der Waals surface area contributed by atoms with Crippen molar-refractivity contribution in [3.63, 3.8) is 0 Å². The van der Waals surface area contributed by atoms with Crippen LogP contribution in [0.15, 0.2) is 48.7 Å². The molecule has 1 aromatic heterocycles. The van der Waals surface area contributed by atoms with Crippen molar-refractivity contribution in [2.24, 2.45) is 0 Å². The average molecular weight is 453 g/mol. The Morgan fingerprint density at radius 3 is 2.24 bits per heavy atom. The molecule has 0 bridgehead atoms. The molecule has 2 N–H and O–H groups in total. The van der Waals surface area contributed by atoms with Crippen molar-refractivity contribution in [3.05, 3.63) is 65.6 Å². The van der Waals surface area contributed by atoms with E-state index in [0.29, 0.717) is 48.2 Å². The van der Waals surface area contributed by atoms with E-state index in [2.05, 4.69) is 4.90 Å². The van der Waals surface area contributed by atoms with Crippen LogP contribution in [0.25, 0.3) is 10.9 Å². The fourth-order valence-electron chi connectivity index (χ4n) is 4.42. The summed E-state index contributed by atoms with van der Waals surface area (Å²) >= 11 is 0. The highest BCUT2D eigenvalue weighted by molar-refractivity contribution is 5.94. The third kappa shape index (κ3) is 4.58. The quantitative estimate of drug-likeness (QED) is 0.530. The molecule has 0 aliphatic carbocycles. The number of benzene rings is 2. The number of carbonyl (C=O) groups excluding carboxylic acids is 1. The van der Waals surface area contributed by atoms with Crippen molar-refractivity contribution >= 4 is 34.3 Å². The van der Waals surface area contributed by atoms with Crippen LogP contribution in [0.2, 0.25) is 0 Å². The number of anilines is 1. The van der Waals surface area contributed by atoms with Gasteiger partial charge >= 0.3 is 11.9 Å². The molecule has 1 fully saturated rings. The molecule has 33 heavy (non-hydrogen) atoms. The highest BCUT2D eigenvalue weighted by atomic mass is 19.1. The van der Waals surface area contributed by atoms with Crippen LogP contribution >= 0.6 is 0 Å². The van der Waals surface area contributed by atoms with Gasteiger partial charge in [-0.25, -0.2) is 4.39 Å². The summed E-state index contributed by atoms with van der Waals surface area (Å²) in [5, 5.41) is 19.8. The number of hydrogen-bond acceptors (Lipinski definition) is 5. The van der Waals surface area contributed by atoms with Crippen LogP contribution in [0, 0.1) is 5.82 Å². The minimum atomic E-state index is -1.10. The molecule has 1 aliphatic rings. The van der Waals surface area contributed by atoms with E-state index in [-0.39, 0.29) is 5.78 Å². The van der Waals surface area contributed by atoms with E-state index in [0.717, 1.165) is 5.69 Å². The van der Waals surface area contributed by atoms with E-state index in [1.165, 1.54) is 35.9 Å². The van der Waals surface area contributed by atoms with E-state index in [1.54, 1.807) is 12.1 Å². The molecule has 1 atom stereocenters. The van der Waals surface area contributed by atoms with E-state index in [9.17, 15) is 29.0 Å². The molecular formula is C24H24FN3O5. The number of Topliss-reactive ketones (excluding diaryl/α,β-unsaturated/α-hetero) is 1. The first kappa shape index (κ1) is 22.5. The van der Waals surface area contributed by atoms with Gasteiger partial charge in [0.1, 0.15) is 18.4 Å². The third-order valence-electron chi connectivity index (χ3n) is 6.03. The number of carbonyl (C=O) groups is 3. The van der Waals surface area contributed by atoms with Crippen molar-refractivity contribution in [2.75, 3.05) is 31.1 Å². The Morgan fingerprint density at radius 2 is 1.67 bits per heavy atom. The number of halogens is 1. The standard InChI is InChI=1S/C24H24FN3O5/c1-15(29)16-2-5-18(6-3-16)26-8-10-27(11-9-26)23(24(32)33)20-13-28(14-22(30)31)21-12-17(25)4-7-19(20)21/h2-7,12-13,23H,8-11,14H2,1H3,(H,30,31)(H,32,33). The zero-order valence-electron chi connectivity index (χ0n) is 18.1. The van der Waals surface area contributed by atoms with Crippen LogP contribution in [-0.4, -0.2) is 63.6 Å². The summed E-state index contributed by atoms with van der Waals surface area (Å²) < 4.78 is 15.2. The van der Waals surface area contributed by atoms with E-state index in [1.807, 2.05) is 17.0 Å². The van der Waals surface area contributed by atoms with E-state index < -0.39 is 30.3 Å². The van der Waals surface area contributed by atoms with Gasteiger partial charge in [0.15, 0.2) is 5.78 Å². The summed E-state index contributed by atoms with van der Waals surface area (Å²) in [4.78, 5) is 39.0. The lowest BCUT2D eigenvalue weighted by atomic mass is 10.0. The van der Waals surface area contributed by atoms with Gasteiger partial charge in [-0.2, -0.15) is 0 Å². The number of fused-ring (bicyclic) bond motifs is 1. The van der Waals surface area contributed by atoms with Gasteiger partial charge in [-0.15, -0.1) is 0 Å². The van der Waals surface area contributed by atoms with Crippen molar-refractivity contribution in [2.45, 2.75) is 19.5 Å². The Bertz CT molecular complexity index is 1210. The van der Waals surface area contributed by atoms with Crippen LogP contribution in [0.5, 0.6) is 0 Å². The third-order valence-corrected chi connectivity index (χ3v) is 6.03. The Hall–Kier alpha value is -3.72. The number of rotatable bonds is 7. The number of ketones is 1. The van der Waals surface area contributed by atoms with Crippen LogP contribution in [-0.2, 0) is 16.1 Å². The highest BCUT2D eigenvalue weighted by Gasteiger charge is 2.33. The molecule has 3 aromatic rings. The summed E-state index contributed by atoms with van der Waals surface area (Å²) in [5.74, 6) is -2.67. The summed E-state index contributed by atoms with van der Waals surface area (Å²) in [5.41, 5.74) is 2.39.